The molecule has 1 atom stereocenters. The van der Waals surface area contributed by atoms with E-state index in [1.165, 1.54) is 0 Å². The molecule has 1 amide bonds. The highest BCUT2D eigenvalue weighted by molar-refractivity contribution is 9.10. The zero-order chi connectivity index (χ0) is 28.4. The number of carbonyl (C=O) groups excluding carboxylic acids is 1. The number of nitrogens with zero attached hydrogens (tertiary/aromatic N) is 5. The lowest BCUT2D eigenvalue weighted by Gasteiger charge is -2.28. The Morgan fingerprint density at radius 3 is 2.48 bits per heavy atom. The number of anilines is 1. The molecule has 0 saturated heterocycles. The maximum Gasteiger partial charge on any atom is 0.226 e. The van der Waals surface area contributed by atoms with Crippen molar-refractivity contribution < 1.29 is 13.6 Å². The zero-order valence-corrected chi connectivity index (χ0v) is 24.1. The Bertz CT molecular complexity index is 1620. The van der Waals surface area contributed by atoms with Crippen LogP contribution in [0, 0.1) is 30.9 Å². The smallest absolute Gasteiger partial charge is 0.226 e. The standard InChI is InChI=1S/C29H30BrF2N7O/c1-16-12-17(2)39(36-16)20-6-4-19(5-7-20)18(3)34-27(40)28-8-10-29(15-28,11-9-28)38-14-23(35-37-38)21-13-22(31)24(30)25(32)26(21)33/h4-7,12-14,18H,8-11,15,33H2,1-3H3,(H,34,40). The van der Waals surface area contributed by atoms with Crippen LogP contribution >= 0.6 is 15.9 Å². The summed E-state index contributed by atoms with van der Waals surface area (Å²) < 4.78 is 31.9. The molecule has 2 fully saturated rings. The van der Waals surface area contributed by atoms with E-state index in [4.69, 9.17) is 5.73 Å². The number of halogens is 3. The summed E-state index contributed by atoms with van der Waals surface area (Å²) in [6.45, 7) is 5.99. The van der Waals surface area contributed by atoms with Crippen LogP contribution in [-0.2, 0) is 10.3 Å². The van der Waals surface area contributed by atoms with Crippen molar-refractivity contribution in [2.24, 2.45) is 5.41 Å². The summed E-state index contributed by atoms with van der Waals surface area (Å²) in [4.78, 5) is 13.6. The first-order chi connectivity index (χ1) is 19.0. The number of nitrogens with one attached hydrogen (secondary N) is 1. The number of rotatable bonds is 6. The summed E-state index contributed by atoms with van der Waals surface area (Å²) in [5, 5.41) is 16.3. The normalized spacial score (nSPS) is 22.6. The van der Waals surface area contributed by atoms with Crippen molar-refractivity contribution in [1.82, 2.24) is 30.1 Å². The lowest BCUT2D eigenvalue weighted by Crippen LogP contribution is -2.39. The van der Waals surface area contributed by atoms with Crippen LogP contribution < -0.4 is 11.1 Å². The average molecular weight is 611 g/mol. The van der Waals surface area contributed by atoms with Crippen LogP contribution in [0.5, 0.6) is 0 Å². The zero-order valence-electron chi connectivity index (χ0n) is 22.5. The monoisotopic (exact) mass is 609 g/mol. The van der Waals surface area contributed by atoms with Crippen molar-refractivity contribution in [3.05, 3.63) is 75.7 Å². The number of nitrogens with two attached hydrogens (primary N) is 1. The van der Waals surface area contributed by atoms with Crippen molar-refractivity contribution in [2.45, 2.75) is 64.5 Å². The fraction of sp³-hybridized carbons (Fsp3) is 0.379. The molecule has 2 saturated carbocycles. The summed E-state index contributed by atoms with van der Waals surface area (Å²) in [5.74, 6) is -1.58. The number of aromatic nitrogens is 5. The van der Waals surface area contributed by atoms with Gasteiger partial charge in [0.25, 0.3) is 0 Å². The Morgan fingerprint density at radius 1 is 1.12 bits per heavy atom. The van der Waals surface area contributed by atoms with E-state index >= 15 is 0 Å². The first-order valence-electron chi connectivity index (χ1n) is 13.3. The molecule has 0 aliphatic heterocycles. The number of carbonyl (C=O) groups is 1. The molecule has 2 bridgehead atoms. The number of hydrogen-bond acceptors (Lipinski definition) is 5. The molecule has 2 aromatic heterocycles. The molecule has 2 aliphatic carbocycles. The first-order valence-corrected chi connectivity index (χ1v) is 14.1. The third-order valence-electron chi connectivity index (χ3n) is 8.74. The van der Waals surface area contributed by atoms with Gasteiger partial charge in [0.15, 0.2) is 5.82 Å². The van der Waals surface area contributed by atoms with Crippen LogP contribution in [0.1, 0.15) is 62.0 Å². The predicted octanol–water partition coefficient (Wildman–Crippen LogP) is 5.91. The molecule has 3 N–H and O–H groups in total. The number of nitrogen functional groups attached to an aromatic ring is 1. The molecule has 0 radical (unpaired) electrons. The lowest BCUT2D eigenvalue weighted by atomic mass is 9.82. The van der Waals surface area contributed by atoms with Gasteiger partial charge in [-0.3, -0.25) is 4.79 Å². The van der Waals surface area contributed by atoms with Crippen LogP contribution in [0.25, 0.3) is 16.9 Å². The lowest BCUT2D eigenvalue weighted by molar-refractivity contribution is -0.131. The molecule has 1 unspecified atom stereocenters. The molecule has 2 aliphatic rings. The highest BCUT2D eigenvalue weighted by Crippen LogP contribution is 2.60. The minimum atomic E-state index is -0.865. The van der Waals surface area contributed by atoms with Crippen LogP contribution in [-0.4, -0.2) is 30.7 Å². The molecular formula is C29H30BrF2N7O. The third kappa shape index (κ3) is 4.22. The van der Waals surface area contributed by atoms with Gasteiger partial charge in [-0.25, -0.2) is 18.1 Å². The first kappa shape index (κ1) is 26.6. The van der Waals surface area contributed by atoms with Gasteiger partial charge < -0.3 is 11.1 Å². The molecule has 11 heteroatoms. The number of benzene rings is 2. The van der Waals surface area contributed by atoms with Gasteiger partial charge in [-0.1, -0.05) is 17.3 Å². The van der Waals surface area contributed by atoms with Crippen LogP contribution in [0.15, 0.2) is 47.1 Å². The topological polar surface area (TPSA) is 104 Å². The highest BCUT2D eigenvalue weighted by atomic mass is 79.9. The third-order valence-corrected chi connectivity index (χ3v) is 9.46. The summed E-state index contributed by atoms with van der Waals surface area (Å²) in [6.07, 6.45) is 5.34. The summed E-state index contributed by atoms with van der Waals surface area (Å²) >= 11 is 2.88. The Morgan fingerprint density at radius 2 is 1.82 bits per heavy atom. The van der Waals surface area contributed by atoms with E-state index in [9.17, 15) is 13.6 Å². The Hall–Kier alpha value is -3.60. The number of hydrogen-bond donors (Lipinski definition) is 2. The fourth-order valence-electron chi connectivity index (χ4n) is 6.46. The highest BCUT2D eigenvalue weighted by Gasteiger charge is 2.59. The van der Waals surface area contributed by atoms with E-state index in [2.05, 4.69) is 36.7 Å². The van der Waals surface area contributed by atoms with E-state index in [0.29, 0.717) is 12.1 Å². The number of fused-ring (bicyclic) bond motifs is 2. The second-order valence-corrected chi connectivity index (χ2v) is 12.1. The largest absolute Gasteiger partial charge is 0.396 e. The van der Waals surface area contributed by atoms with E-state index in [-0.39, 0.29) is 33.2 Å². The Kier molecular flexibility index (Phi) is 6.32. The Balaban J connectivity index is 1.17. The second-order valence-electron chi connectivity index (χ2n) is 11.3. The number of aryl methyl sites for hydroxylation is 2. The quantitative estimate of drug-likeness (QED) is 0.209. The Labute approximate surface area is 239 Å². The fourth-order valence-corrected chi connectivity index (χ4v) is 6.79. The van der Waals surface area contributed by atoms with Gasteiger partial charge >= 0.3 is 0 Å². The summed E-state index contributed by atoms with van der Waals surface area (Å²) in [7, 11) is 0. The van der Waals surface area contributed by atoms with E-state index in [0.717, 1.165) is 54.4 Å². The van der Waals surface area contributed by atoms with Crippen molar-refractivity contribution >= 4 is 27.5 Å². The molecule has 8 nitrogen and oxygen atoms in total. The van der Waals surface area contributed by atoms with Gasteiger partial charge in [-0.15, -0.1) is 5.10 Å². The average Bonchev–Trinajstić information content (AvgIpc) is 3.73. The van der Waals surface area contributed by atoms with E-state index in [1.807, 2.05) is 55.8 Å². The van der Waals surface area contributed by atoms with Crippen molar-refractivity contribution in [1.29, 1.82) is 0 Å². The van der Waals surface area contributed by atoms with Gasteiger partial charge in [-0.05, 0) is 98.6 Å². The minimum absolute atomic E-state index is 0.0450. The van der Waals surface area contributed by atoms with E-state index in [1.54, 1.807) is 10.9 Å². The van der Waals surface area contributed by atoms with Crippen LogP contribution in [0.4, 0.5) is 14.5 Å². The van der Waals surface area contributed by atoms with Crippen LogP contribution in [0.2, 0.25) is 0 Å². The van der Waals surface area contributed by atoms with Crippen LogP contribution in [0.3, 0.4) is 0 Å². The molecule has 2 aromatic carbocycles. The summed E-state index contributed by atoms with van der Waals surface area (Å²) in [5.41, 5.74) is 9.34. The van der Waals surface area contributed by atoms with Gasteiger partial charge in [0.2, 0.25) is 5.91 Å². The molecule has 2 heterocycles. The molecular weight excluding hydrogens is 580 g/mol. The summed E-state index contributed by atoms with van der Waals surface area (Å²) in [6, 6.07) is 11.1. The molecule has 6 rings (SSSR count). The van der Waals surface area contributed by atoms with Crippen molar-refractivity contribution in [3.8, 4) is 16.9 Å². The van der Waals surface area contributed by atoms with Gasteiger partial charge in [0, 0.05) is 11.3 Å². The van der Waals surface area contributed by atoms with Gasteiger partial charge in [0.1, 0.15) is 11.5 Å². The van der Waals surface area contributed by atoms with Crippen molar-refractivity contribution in [3.63, 3.8) is 0 Å². The minimum Gasteiger partial charge on any atom is -0.396 e. The predicted molar refractivity (Wildman–Crippen MR) is 151 cm³/mol. The molecule has 40 heavy (non-hydrogen) atoms. The maximum atomic E-state index is 14.4. The van der Waals surface area contributed by atoms with Gasteiger partial charge in [0.05, 0.1) is 44.7 Å². The molecule has 0 spiro atoms. The second kappa shape index (κ2) is 9.50. The molecule has 208 valence electrons. The van der Waals surface area contributed by atoms with Crippen molar-refractivity contribution in [2.75, 3.05) is 5.73 Å². The SMILES string of the molecule is Cc1cc(C)n(-c2ccc(C(C)NC(=O)C34CCC(n5cc(-c6cc(F)c(Br)c(F)c6N)nn5)(CC3)C4)cc2)n1. The van der Waals surface area contributed by atoms with Gasteiger partial charge in [-0.2, -0.15) is 5.10 Å². The maximum absolute atomic E-state index is 14.4. The number of amides is 1. The van der Waals surface area contributed by atoms with E-state index < -0.39 is 17.0 Å². The molecule has 4 aromatic rings.